The molecule has 0 atom stereocenters. The zero-order chi connectivity index (χ0) is 20.5. The number of nitrogens with zero attached hydrogens (tertiary/aromatic N) is 4. The van der Waals surface area contributed by atoms with Gasteiger partial charge in [0.05, 0.1) is 28.2 Å². The molecule has 144 valence electrons. The second-order valence-electron chi connectivity index (χ2n) is 6.96. The van der Waals surface area contributed by atoms with Gasteiger partial charge < -0.3 is 0 Å². The van der Waals surface area contributed by atoms with Crippen LogP contribution in [0.1, 0.15) is 5.56 Å². The van der Waals surface area contributed by atoms with Gasteiger partial charge in [0.15, 0.2) is 0 Å². The smallest absolute Gasteiger partial charge is 0.258 e. The number of aromatic nitrogens is 1. The van der Waals surface area contributed by atoms with E-state index in [2.05, 4.69) is 34.5 Å². The molecule has 1 heterocycles. The van der Waals surface area contributed by atoms with Crippen LogP contribution in [0.2, 0.25) is 0 Å². The lowest BCUT2D eigenvalue weighted by atomic mass is 9.99. The number of azo groups is 1. The molecule has 0 N–H and O–H groups in total. The highest BCUT2D eigenvalue weighted by Crippen LogP contribution is 2.31. The molecular formula is C24H16N4O2. The number of nitro benzene ring substituents is 1. The van der Waals surface area contributed by atoms with Crippen LogP contribution < -0.4 is 0 Å². The molecule has 0 aliphatic heterocycles. The van der Waals surface area contributed by atoms with Gasteiger partial charge in [0.25, 0.3) is 5.69 Å². The van der Waals surface area contributed by atoms with Gasteiger partial charge in [-0.2, -0.15) is 10.2 Å². The standard InChI is InChI=1S/C24H16N4O2/c29-28(30)18-12-10-17(11-13-18)27-25-15-22-20-7-3-4-8-23(20)26-24-19-6-2-1-5-16(19)9-14-21(22)24/h1-14H,15H2. The van der Waals surface area contributed by atoms with Crippen LogP contribution in [0, 0.1) is 10.1 Å². The molecule has 0 bridgehead atoms. The first-order valence-corrected chi connectivity index (χ1v) is 9.52. The number of fused-ring (bicyclic) bond motifs is 4. The molecule has 5 aromatic rings. The largest absolute Gasteiger partial charge is 0.269 e. The summed E-state index contributed by atoms with van der Waals surface area (Å²) in [4.78, 5) is 15.3. The van der Waals surface area contributed by atoms with E-state index in [9.17, 15) is 10.1 Å². The van der Waals surface area contributed by atoms with Crippen LogP contribution in [0.4, 0.5) is 11.4 Å². The molecule has 6 nitrogen and oxygen atoms in total. The molecule has 0 radical (unpaired) electrons. The van der Waals surface area contributed by atoms with Crippen molar-refractivity contribution in [2.75, 3.05) is 0 Å². The highest BCUT2D eigenvalue weighted by molar-refractivity contribution is 6.10. The number of benzene rings is 4. The summed E-state index contributed by atoms with van der Waals surface area (Å²) in [5.74, 6) is 0. The maximum absolute atomic E-state index is 10.8. The van der Waals surface area contributed by atoms with Crippen molar-refractivity contribution in [3.63, 3.8) is 0 Å². The van der Waals surface area contributed by atoms with E-state index in [0.29, 0.717) is 12.2 Å². The van der Waals surface area contributed by atoms with Gasteiger partial charge >= 0.3 is 0 Å². The van der Waals surface area contributed by atoms with Gasteiger partial charge in [0, 0.05) is 28.3 Å². The zero-order valence-electron chi connectivity index (χ0n) is 15.9. The zero-order valence-corrected chi connectivity index (χ0v) is 15.9. The molecule has 0 saturated carbocycles. The fourth-order valence-corrected chi connectivity index (χ4v) is 3.71. The van der Waals surface area contributed by atoms with E-state index in [-0.39, 0.29) is 5.69 Å². The summed E-state index contributed by atoms with van der Waals surface area (Å²) < 4.78 is 0. The van der Waals surface area contributed by atoms with Crippen LogP contribution in [-0.2, 0) is 6.54 Å². The van der Waals surface area contributed by atoms with Crippen molar-refractivity contribution in [1.82, 2.24) is 4.98 Å². The molecule has 0 spiro atoms. The Bertz CT molecular complexity index is 1440. The summed E-state index contributed by atoms with van der Waals surface area (Å²) in [7, 11) is 0. The summed E-state index contributed by atoms with van der Waals surface area (Å²) >= 11 is 0. The highest BCUT2D eigenvalue weighted by Gasteiger charge is 2.11. The van der Waals surface area contributed by atoms with Crippen LogP contribution in [0.5, 0.6) is 0 Å². The first-order chi connectivity index (χ1) is 14.7. The summed E-state index contributed by atoms with van der Waals surface area (Å²) in [6, 6.07) is 26.5. The third-order valence-corrected chi connectivity index (χ3v) is 5.16. The van der Waals surface area contributed by atoms with Crippen molar-refractivity contribution in [1.29, 1.82) is 0 Å². The molecule has 0 amide bonds. The van der Waals surface area contributed by atoms with Crippen LogP contribution in [0.25, 0.3) is 32.6 Å². The summed E-state index contributed by atoms with van der Waals surface area (Å²) in [6.45, 7) is 0.384. The van der Waals surface area contributed by atoms with Crippen molar-refractivity contribution in [3.8, 4) is 0 Å². The fraction of sp³-hybridized carbons (Fsp3) is 0.0417. The third kappa shape index (κ3) is 3.14. The number of nitro groups is 1. The second kappa shape index (κ2) is 7.33. The van der Waals surface area contributed by atoms with Crippen molar-refractivity contribution >= 4 is 44.0 Å². The van der Waals surface area contributed by atoms with Gasteiger partial charge in [-0.3, -0.25) is 10.1 Å². The average molecular weight is 392 g/mol. The number of pyridine rings is 1. The van der Waals surface area contributed by atoms with Crippen LogP contribution >= 0.6 is 0 Å². The monoisotopic (exact) mass is 392 g/mol. The van der Waals surface area contributed by atoms with E-state index in [4.69, 9.17) is 4.98 Å². The van der Waals surface area contributed by atoms with Crippen molar-refractivity contribution in [3.05, 3.63) is 101 Å². The maximum Gasteiger partial charge on any atom is 0.269 e. The van der Waals surface area contributed by atoms with E-state index < -0.39 is 4.92 Å². The number of rotatable bonds is 4. The Morgan fingerprint density at radius 2 is 1.53 bits per heavy atom. The number of para-hydroxylation sites is 1. The van der Waals surface area contributed by atoms with Crippen LogP contribution in [0.3, 0.4) is 0 Å². The summed E-state index contributed by atoms with van der Waals surface area (Å²) in [5.41, 5.74) is 3.54. The molecule has 0 saturated heterocycles. The fourth-order valence-electron chi connectivity index (χ4n) is 3.71. The van der Waals surface area contributed by atoms with E-state index >= 15 is 0 Å². The molecule has 6 heteroatoms. The summed E-state index contributed by atoms with van der Waals surface area (Å²) in [5, 5.41) is 23.8. The Morgan fingerprint density at radius 1 is 0.800 bits per heavy atom. The van der Waals surface area contributed by atoms with E-state index in [1.165, 1.54) is 12.1 Å². The predicted octanol–water partition coefficient (Wildman–Crippen LogP) is 6.73. The van der Waals surface area contributed by atoms with Gasteiger partial charge in [-0.15, -0.1) is 0 Å². The van der Waals surface area contributed by atoms with E-state index in [1.54, 1.807) is 12.1 Å². The van der Waals surface area contributed by atoms with Crippen molar-refractivity contribution in [2.24, 2.45) is 10.2 Å². The van der Waals surface area contributed by atoms with E-state index in [0.717, 1.165) is 38.1 Å². The van der Waals surface area contributed by atoms with Crippen molar-refractivity contribution in [2.45, 2.75) is 6.54 Å². The molecule has 1 aromatic heterocycles. The van der Waals surface area contributed by atoms with Crippen LogP contribution in [-0.4, -0.2) is 9.91 Å². The molecule has 0 aliphatic rings. The Balaban J connectivity index is 1.61. The lowest BCUT2D eigenvalue weighted by Crippen LogP contribution is -1.92. The van der Waals surface area contributed by atoms with Gasteiger partial charge in [-0.25, -0.2) is 4.98 Å². The number of non-ortho nitro benzene ring substituents is 1. The molecule has 0 fully saturated rings. The van der Waals surface area contributed by atoms with Gasteiger partial charge in [0.2, 0.25) is 0 Å². The molecule has 0 aliphatic carbocycles. The van der Waals surface area contributed by atoms with E-state index in [1.807, 2.05) is 36.4 Å². The van der Waals surface area contributed by atoms with Gasteiger partial charge in [-0.1, -0.05) is 54.6 Å². The Kier molecular flexibility index (Phi) is 4.37. The predicted molar refractivity (Wildman–Crippen MR) is 118 cm³/mol. The highest BCUT2D eigenvalue weighted by atomic mass is 16.6. The summed E-state index contributed by atoms with van der Waals surface area (Å²) in [6.07, 6.45) is 0. The quantitative estimate of drug-likeness (QED) is 0.112. The molecule has 30 heavy (non-hydrogen) atoms. The Morgan fingerprint density at radius 3 is 2.33 bits per heavy atom. The minimum Gasteiger partial charge on any atom is -0.258 e. The minimum absolute atomic E-state index is 0.0342. The first-order valence-electron chi connectivity index (χ1n) is 9.52. The van der Waals surface area contributed by atoms with Crippen molar-refractivity contribution < 1.29 is 4.92 Å². The first kappa shape index (κ1) is 17.9. The normalized spacial score (nSPS) is 11.6. The maximum atomic E-state index is 10.8. The van der Waals surface area contributed by atoms with Crippen LogP contribution in [0.15, 0.2) is 95.2 Å². The molecule has 4 aromatic carbocycles. The third-order valence-electron chi connectivity index (χ3n) is 5.16. The average Bonchev–Trinajstić information content (AvgIpc) is 2.79. The lowest BCUT2D eigenvalue weighted by molar-refractivity contribution is -0.384. The Hall–Kier alpha value is -4.19. The molecular weight excluding hydrogens is 376 g/mol. The van der Waals surface area contributed by atoms with Gasteiger partial charge in [-0.05, 0) is 29.1 Å². The number of hydrogen-bond donors (Lipinski definition) is 0. The molecule has 5 rings (SSSR count). The number of hydrogen-bond acceptors (Lipinski definition) is 5. The van der Waals surface area contributed by atoms with Gasteiger partial charge in [0.1, 0.15) is 0 Å². The second-order valence-corrected chi connectivity index (χ2v) is 6.96. The SMILES string of the molecule is O=[N+]([O-])c1ccc(N=NCc2c3ccccc3nc3c2ccc2ccccc23)cc1. The topological polar surface area (TPSA) is 80.8 Å². The minimum atomic E-state index is -0.430. The lowest BCUT2D eigenvalue weighted by Gasteiger charge is -2.11. The molecule has 0 unspecified atom stereocenters. The Labute approximate surface area is 171 Å².